The smallest absolute Gasteiger partial charge is 0.212 e. The molecule has 7 heteroatoms. The van der Waals surface area contributed by atoms with Gasteiger partial charge in [-0.05, 0) is 33.5 Å². The lowest BCUT2D eigenvalue weighted by Gasteiger charge is -2.26. The van der Waals surface area contributed by atoms with E-state index in [1.54, 1.807) is 0 Å². The zero-order chi connectivity index (χ0) is 14.1. The second-order valence-electron chi connectivity index (χ2n) is 5.32. The maximum atomic E-state index is 11.8. The molecule has 0 aromatic rings. The molecule has 0 aromatic heterocycles. The van der Waals surface area contributed by atoms with Crippen molar-refractivity contribution in [1.29, 1.82) is 0 Å². The molecule has 0 bridgehead atoms. The van der Waals surface area contributed by atoms with Gasteiger partial charge in [0, 0.05) is 39.3 Å². The van der Waals surface area contributed by atoms with E-state index in [-0.39, 0.29) is 5.75 Å². The lowest BCUT2D eigenvalue weighted by molar-refractivity contribution is 0.253. The molecule has 0 unspecified atom stereocenters. The second kappa shape index (κ2) is 8.86. The fourth-order valence-corrected chi connectivity index (χ4v) is 3.14. The Morgan fingerprint density at radius 2 is 1.89 bits per heavy atom. The molecule has 2 N–H and O–H groups in total. The van der Waals surface area contributed by atoms with E-state index in [9.17, 15) is 8.42 Å². The number of nitrogens with zero attached hydrogens (tertiary/aromatic N) is 2. The Morgan fingerprint density at radius 1 is 1.21 bits per heavy atom. The van der Waals surface area contributed by atoms with Gasteiger partial charge in [-0.3, -0.25) is 4.90 Å². The number of sulfonamides is 1. The minimum absolute atomic E-state index is 0.209. The monoisotopic (exact) mass is 292 g/mol. The van der Waals surface area contributed by atoms with E-state index in [0.717, 1.165) is 45.6 Å². The van der Waals surface area contributed by atoms with Gasteiger partial charge in [0.05, 0.1) is 5.75 Å². The molecule has 1 aliphatic heterocycles. The Hall–Kier alpha value is -0.210. The van der Waals surface area contributed by atoms with Crippen LogP contribution in [-0.4, -0.2) is 83.9 Å². The first kappa shape index (κ1) is 16.8. The average Bonchev–Trinajstić information content (AvgIpc) is 2.37. The molecule has 1 saturated heterocycles. The summed E-state index contributed by atoms with van der Waals surface area (Å²) in [7, 11) is 0.944. The molecular formula is C12H28N4O2S. The van der Waals surface area contributed by atoms with Crippen LogP contribution in [0.3, 0.4) is 0 Å². The molecule has 6 nitrogen and oxygen atoms in total. The average molecular weight is 292 g/mol. The van der Waals surface area contributed by atoms with Gasteiger partial charge in [-0.15, -0.1) is 0 Å². The molecule has 0 aliphatic carbocycles. The van der Waals surface area contributed by atoms with Crippen LogP contribution < -0.4 is 10.0 Å². The number of piperazine rings is 1. The van der Waals surface area contributed by atoms with Gasteiger partial charge >= 0.3 is 0 Å². The van der Waals surface area contributed by atoms with Crippen LogP contribution in [0.4, 0.5) is 0 Å². The summed E-state index contributed by atoms with van der Waals surface area (Å²) < 4.78 is 26.3. The number of hydrogen-bond donors (Lipinski definition) is 2. The van der Waals surface area contributed by atoms with Gasteiger partial charge in [-0.25, -0.2) is 13.1 Å². The number of hydrogen-bond acceptors (Lipinski definition) is 5. The normalized spacial score (nSPS) is 18.1. The summed E-state index contributed by atoms with van der Waals surface area (Å²) in [6.07, 6.45) is 1.92. The summed E-state index contributed by atoms with van der Waals surface area (Å²) in [5.41, 5.74) is 0. The van der Waals surface area contributed by atoms with E-state index in [0.29, 0.717) is 13.1 Å². The van der Waals surface area contributed by atoms with E-state index in [1.807, 2.05) is 14.1 Å². The van der Waals surface area contributed by atoms with Crippen LogP contribution in [0.5, 0.6) is 0 Å². The maximum Gasteiger partial charge on any atom is 0.212 e. The van der Waals surface area contributed by atoms with Crippen molar-refractivity contribution in [3.8, 4) is 0 Å². The fraction of sp³-hybridized carbons (Fsp3) is 1.00. The van der Waals surface area contributed by atoms with E-state index < -0.39 is 10.0 Å². The lowest BCUT2D eigenvalue weighted by Crippen LogP contribution is -2.46. The number of unbranched alkanes of at least 4 members (excludes halogenated alkanes) is 1. The predicted octanol–water partition coefficient (Wildman–Crippen LogP) is -0.847. The molecule has 1 rings (SSSR count). The summed E-state index contributed by atoms with van der Waals surface area (Å²) >= 11 is 0. The quantitative estimate of drug-likeness (QED) is 0.542. The molecule has 1 aliphatic rings. The Morgan fingerprint density at radius 3 is 2.53 bits per heavy atom. The van der Waals surface area contributed by atoms with Crippen molar-refractivity contribution in [2.45, 2.75) is 12.8 Å². The van der Waals surface area contributed by atoms with Crippen LogP contribution in [0, 0.1) is 0 Å². The van der Waals surface area contributed by atoms with Crippen LogP contribution in [0.25, 0.3) is 0 Å². The minimum Gasteiger partial charge on any atom is -0.314 e. The van der Waals surface area contributed by atoms with Crippen LogP contribution >= 0.6 is 0 Å². The van der Waals surface area contributed by atoms with E-state index in [4.69, 9.17) is 0 Å². The minimum atomic E-state index is -3.11. The lowest BCUT2D eigenvalue weighted by atomic mass is 10.3. The Bertz CT molecular complexity index is 327. The first-order chi connectivity index (χ1) is 8.99. The third kappa shape index (κ3) is 8.54. The van der Waals surface area contributed by atoms with Gasteiger partial charge in [0.2, 0.25) is 10.0 Å². The number of nitrogens with one attached hydrogen (secondary N) is 2. The zero-order valence-electron chi connectivity index (χ0n) is 12.2. The highest BCUT2D eigenvalue weighted by Gasteiger charge is 2.14. The summed E-state index contributed by atoms with van der Waals surface area (Å²) in [6.45, 7) is 5.99. The molecule has 1 fully saturated rings. The molecule has 0 saturated carbocycles. The van der Waals surface area contributed by atoms with Crippen molar-refractivity contribution in [3.05, 3.63) is 0 Å². The zero-order valence-corrected chi connectivity index (χ0v) is 13.0. The highest BCUT2D eigenvalue weighted by atomic mass is 32.2. The molecule has 0 atom stereocenters. The highest BCUT2D eigenvalue weighted by molar-refractivity contribution is 7.89. The third-order valence-electron chi connectivity index (χ3n) is 3.24. The predicted molar refractivity (Wildman–Crippen MR) is 78.9 cm³/mol. The number of rotatable bonds is 9. The summed E-state index contributed by atoms with van der Waals surface area (Å²) in [4.78, 5) is 4.31. The van der Waals surface area contributed by atoms with E-state index >= 15 is 0 Å². The molecule has 19 heavy (non-hydrogen) atoms. The van der Waals surface area contributed by atoms with Crippen LogP contribution in [0.1, 0.15) is 12.8 Å². The molecule has 0 spiro atoms. The highest BCUT2D eigenvalue weighted by Crippen LogP contribution is 1.95. The largest absolute Gasteiger partial charge is 0.314 e. The van der Waals surface area contributed by atoms with Gasteiger partial charge in [0.25, 0.3) is 0 Å². The van der Waals surface area contributed by atoms with Gasteiger partial charge < -0.3 is 10.2 Å². The topological polar surface area (TPSA) is 64.7 Å². The van der Waals surface area contributed by atoms with Crippen molar-refractivity contribution >= 4 is 10.0 Å². The summed E-state index contributed by atoms with van der Waals surface area (Å²) in [6, 6.07) is 0. The Kier molecular flexibility index (Phi) is 7.86. The SMILES string of the molecule is CN(C)CCCCNS(=O)(=O)CCN1CCNCC1. The van der Waals surface area contributed by atoms with E-state index in [2.05, 4.69) is 19.8 Å². The van der Waals surface area contributed by atoms with Crippen LogP contribution in [0.15, 0.2) is 0 Å². The van der Waals surface area contributed by atoms with Crippen molar-refractivity contribution in [2.24, 2.45) is 0 Å². The molecule has 114 valence electrons. The maximum absolute atomic E-state index is 11.8. The summed E-state index contributed by atoms with van der Waals surface area (Å²) in [5, 5.41) is 3.26. The van der Waals surface area contributed by atoms with Crippen LogP contribution in [0.2, 0.25) is 0 Å². The van der Waals surface area contributed by atoms with Gasteiger partial charge in [-0.2, -0.15) is 0 Å². The first-order valence-corrected chi connectivity index (χ1v) is 8.70. The van der Waals surface area contributed by atoms with E-state index in [1.165, 1.54) is 0 Å². The summed E-state index contributed by atoms with van der Waals surface area (Å²) in [5.74, 6) is 0.209. The van der Waals surface area contributed by atoms with Crippen molar-refractivity contribution in [1.82, 2.24) is 19.8 Å². The Balaban J connectivity index is 2.09. The second-order valence-corrected chi connectivity index (χ2v) is 7.24. The van der Waals surface area contributed by atoms with Gasteiger partial charge in [0.15, 0.2) is 0 Å². The molecule has 0 amide bonds. The van der Waals surface area contributed by atoms with Crippen molar-refractivity contribution in [2.75, 3.05) is 65.7 Å². The molecular weight excluding hydrogens is 264 g/mol. The molecule has 1 heterocycles. The molecule has 0 aromatic carbocycles. The Labute approximate surface area is 117 Å². The first-order valence-electron chi connectivity index (χ1n) is 7.05. The molecule has 0 radical (unpaired) electrons. The van der Waals surface area contributed by atoms with Gasteiger partial charge in [0.1, 0.15) is 0 Å². The fourth-order valence-electron chi connectivity index (χ4n) is 2.04. The van der Waals surface area contributed by atoms with Crippen molar-refractivity contribution in [3.63, 3.8) is 0 Å². The standard InChI is InChI=1S/C12H28N4O2S/c1-15(2)8-4-3-5-14-19(17,18)12-11-16-9-6-13-7-10-16/h13-14H,3-12H2,1-2H3. The van der Waals surface area contributed by atoms with Gasteiger partial charge in [-0.1, -0.05) is 0 Å². The van der Waals surface area contributed by atoms with Crippen molar-refractivity contribution < 1.29 is 8.42 Å². The third-order valence-corrected chi connectivity index (χ3v) is 4.60. The van der Waals surface area contributed by atoms with Crippen LogP contribution in [-0.2, 0) is 10.0 Å².